The standard InChI is InChI=1S/C20H26N2O4S/c1-2-26-19(24)17-18(23)22(20(25)21(17)15-10-6-7-11-15)16(27)13-12-14-8-4-3-5-9-14/h3-5,8-9,15-17,27H,2,6-7,10-13H2,1H3. The Bertz CT molecular complexity index is 690. The summed E-state index contributed by atoms with van der Waals surface area (Å²) in [6.45, 7) is 1.87. The van der Waals surface area contributed by atoms with Gasteiger partial charge in [-0.3, -0.25) is 9.69 Å². The number of imide groups is 1. The number of nitrogens with zero attached hydrogens (tertiary/aromatic N) is 2. The second kappa shape index (κ2) is 8.78. The Kier molecular flexibility index (Phi) is 6.42. The lowest BCUT2D eigenvalue weighted by Crippen LogP contribution is -2.47. The lowest BCUT2D eigenvalue weighted by Gasteiger charge is -2.27. The van der Waals surface area contributed by atoms with Gasteiger partial charge < -0.3 is 4.74 Å². The van der Waals surface area contributed by atoms with Crippen molar-refractivity contribution < 1.29 is 19.1 Å². The SMILES string of the molecule is CCOC(=O)C1C(=O)N(C(S)CCc2ccccc2)C(=O)N1C1CCCC1. The van der Waals surface area contributed by atoms with E-state index in [-0.39, 0.29) is 12.6 Å². The summed E-state index contributed by atoms with van der Waals surface area (Å²) < 4.78 is 5.09. The van der Waals surface area contributed by atoms with Gasteiger partial charge in [0, 0.05) is 6.04 Å². The number of carbonyl (C=O) groups excluding carboxylic acids is 3. The molecular formula is C20H26N2O4S. The van der Waals surface area contributed by atoms with Crippen LogP contribution in [-0.2, 0) is 20.7 Å². The Hall–Kier alpha value is -2.02. The van der Waals surface area contributed by atoms with Crippen LogP contribution in [0.4, 0.5) is 4.79 Å². The molecule has 0 N–H and O–H groups in total. The normalized spacial score (nSPS) is 21.8. The molecule has 27 heavy (non-hydrogen) atoms. The van der Waals surface area contributed by atoms with Gasteiger partial charge in [0.25, 0.3) is 5.91 Å². The molecular weight excluding hydrogens is 364 g/mol. The van der Waals surface area contributed by atoms with E-state index in [1.807, 2.05) is 30.3 Å². The molecule has 2 unspecified atom stereocenters. The zero-order valence-corrected chi connectivity index (χ0v) is 16.4. The van der Waals surface area contributed by atoms with Gasteiger partial charge in [0.1, 0.15) is 0 Å². The highest BCUT2D eigenvalue weighted by Gasteiger charge is 2.54. The Morgan fingerprint density at radius 3 is 2.52 bits per heavy atom. The quantitative estimate of drug-likeness (QED) is 0.336. The number of ether oxygens (including phenoxy) is 1. The molecule has 0 aromatic heterocycles. The number of rotatable bonds is 7. The van der Waals surface area contributed by atoms with Crippen LogP contribution in [0.15, 0.2) is 30.3 Å². The van der Waals surface area contributed by atoms with Gasteiger partial charge in [-0.2, -0.15) is 12.6 Å². The first-order valence-corrected chi connectivity index (χ1v) is 10.1. The molecule has 0 spiro atoms. The summed E-state index contributed by atoms with van der Waals surface area (Å²) in [6, 6.07) is 8.17. The van der Waals surface area contributed by atoms with Crippen LogP contribution in [0, 0.1) is 0 Å². The third-order valence-electron chi connectivity index (χ3n) is 5.24. The van der Waals surface area contributed by atoms with Gasteiger partial charge in [-0.05, 0) is 38.2 Å². The van der Waals surface area contributed by atoms with Gasteiger partial charge in [0.15, 0.2) is 0 Å². The first kappa shape index (κ1) is 19.7. The number of hydrogen-bond acceptors (Lipinski definition) is 5. The van der Waals surface area contributed by atoms with Crippen molar-refractivity contribution in [2.45, 2.75) is 62.9 Å². The van der Waals surface area contributed by atoms with Crippen molar-refractivity contribution in [2.24, 2.45) is 0 Å². The van der Waals surface area contributed by atoms with Crippen molar-refractivity contribution in [3.05, 3.63) is 35.9 Å². The van der Waals surface area contributed by atoms with Crippen LogP contribution in [0.2, 0.25) is 0 Å². The number of hydrogen-bond donors (Lipinski definition) is 1. The smallest absolute Gasteiger partial charge is 0.338 e. The van der Waals surface area contributed by atoms with Gasteiger partial charge in [-0.25, -0.2) is 14.5 Å². The fourth-order valence-corrected chi connectivity index (χ4v) is 4.25. The number of carbonyl (C=O) groups is 3. The molecule has 1 saturated carbocycles. The van der Waals surface area contributed by atoms with E-state index in [0.717, 1.165) is 36.1 Å². The van der Waals surface area contributed by atoms with Gasteiger partial charge in [-0.1, -0.05) is 43.2 Å². The van der Waals surface area contributed by atoms with E-state index in [2.05, 4.69) is 12.6 Å². The maximum absolute atomic E-state index is 13.0. The number of benzene rings is 1. The van der Waals surface area contributed by atoms with E-state index < -0.39 is 29.3 Å². The zero-order valence-electron chi connectivity index (χ0n) is 15.5. The molecule has 6 nitrogen and oxygen atoms in total. The summed E-state index contributed by atoms with van der Waals surface area (Å²) in [5.74, 6) is -1.16. The Morgan fingerprint density at radius 1 is 1.22 bits per heavy atom. The van der Waals surface area contributed by atoms with Crippen LogP contribution in [0.25, 0.3) is 0 Å². The molecule has 1 aromatic carbocycles. The van der Waals surface area contributed by atoms with Crippen molar-refractivity contribution in [1.82, 2.24) is 9.80 Å². The largest absolute Gasteiger partial charge is 0.464 e. The Morgan fingerprint density at radius 2 is 1.89 bits per heavy atom. The van der Waals surface area contributed by atoms with Crippen LogP contribution < -0.4 is 0 Å². The number of thiol groups is 1. The van der Waals surface area contributed by atoms with Crippen LogP contribution in [0.3, 0.4) is 0 Å². The average molecular weight is 391 g/mol. The molecule has 3 rings (SSSR count). The highest BCUT2D eigenvalue weighted by Crippen LogP contribution is 2.33. The van der Waals surface area contributed by atoms with E-state index in [4.69, 9.17) is 4.74 Å². The molecule has 7 heteroatoms. The van der Waals surface area contributed by atoms with Crippen molar-refractivity contribution in [3.8, 4) is 0 Å². The maximum atomic E-state index is 13.0. The monoisotopic (exact) mass is 390 g/mol. The summed E-state index contributed by atoms with van der Waals surface area (Å²) in [6.07, 6.45) is 4.83. The van der Waals surface area contributed by atoms with Crippen molar-refractivity contribution >= 4 is 30.5 Å². The predicted octanol–water partition coefficient (Wildman–Crippen LogP) is 3.01. The van der Waals surface area contributed by atoms with E-state index in [1.54, 1.807) is 6.92 Å². The molecule has 2 aliphatic rings. The van der Waals surface area contributed by atoms with Gasteiger partial charge in [-0.15, -0.1) is 0 Å². The maximum Gasteiger partial charge on any atom is 0.338 e. The van der Waals surface area contributed by atoms with Crippen molar-refractivity contribution in [3.63, 3.8) is 0 Å². The molecule has 1 heterocycles. The van der Waals surface area contributed by atoms with Crippen LogP contribution in [0.5, 0.6) is 0 Å². The summed E-state index contributed by atoms with van der Waals surface area (Å²) >= 11 is 4.52. The van der Waals surface area contributed by atoms with Gasteiger partial charge in [0.2, 0.25) is 6.04 Å². The number of esters is 1. The highest BCUT2D eigenvalue weighted by molar-refractivity contribution is 7.80. The Labute approximate surface area is 165 Å². The number of aryl methyl sites for hydroxylation is 1. The lowest BCUT2D eigenvalue weighted by atomic mass is 10.1. The second-order valence-corrected chi connectivity index (χ2v) is 7.59. The summed E-state index contributed by atoms with van der Waals surface area (Å²) in [4.78, 5) is 41.0. The van der Waals surface area contributed by atoms with E-state index >= 15 is 0 Å². The first-order chi connectivity index (χ1) is 13.0. The number of urea groups is 1. The molecule has 2 fully saturated rings. The van der Waals surface area contributed by atoms with Crippen molar-refractivity contribution in [1.29, 1.82) is 0 Å². The molecule has 1 aliphatic carbocycles. The Balaban J connectivity index is 1.76. The molecule has 0 bridgehead atoms. The first-order valence-electron chi connectivity index (χ1n) is 9.58. The van der Waals surface area contributed by atoms with E-state index in [0.29, 0.717) is 12.8 Å². The van der Waals surface area contributed by atoms with Crippen LogP contribution >= 0.6 is 12.6 Å². The second-order valence-electron chi connectivity index (χ2n) is 7.00. The molecule has 0 radical (unpaired) electrons. The summed E-state index contributed by atoms with van der Waals surface area (Å²) in [5, 5.41) is -0.575. The van der Waals surface area contributed by atoms with Gasteiger partial charge in [0.05, 0.1) is 12.0 Å². The molecule has 1 aromatic rings. The third-order valence-corrected chi connectivity index (χ3v) is 5.73. The van der Waals surface area contributed by atoms with Crippen LogP contribution in [0.1, 0.15) is 44.6 Å². The molecule has 1 aliphatic heterocycles. The molecule has 146 valence electrons. The minimum absolute atomic E-state index is 0.0875. The zero-order chi connectivity index (χ0) is 19.4. The minimum Gasteiger partial charge on any atom is -0.464 e. The van der Waals surface area contributed by atoms with Crippen LogP contribution in [-0.4, -0.2) is 51.8 Å². The lowest BCUT2D eigenvalue weighted by molar-refractivity contribution is -0.152. The van der Waals surface area contributed by atoms with E-state index in [9.17, 15) is 14.4 Å². The third kappa shape index (κ3) is 4.13. The minimum atomic E-state index is -1.17. The molecule has 1 saturated heterocycles. The molecule has 2 atom stereocenters. The van der Waals surface area contributed by atoms with Crippen molar-refractivity contribution in [2.75, 3.05) is 6.61 Å². The topological polar surface area (TPSA) is 66.9 Å². The predicted molar refractivity (Wildman–Crippen MR) is 104 cm³/mol. The number of amides is 3. The van der Waals surface area contributed by atoms with E-state index in [1.165, 1.54) is 4.90 Å². The van der Waals surface area contributed by atoms with Gasteiger partial charge >= 0.3 is 12.0 Å². The fourth-order valence-electron chi connectivity index (χ4n) is 3.91. The summed E-state index contributed by atoms with van der Waals surface area (Å²) in [7, 11) is 0. The summed E-state index contributed by atoms with van der Waals surface area (Å²) in [5.41, 5.74) is 1.12. The highest BCUT2D eigenvalue weighted by atomic mass is 32.1. The fraction of sp³-hybridized carbons (Fsp3) is 0.550. The molecule has 3 amide bonds. The average Bonchev–Trinajstić information content (AvgIpc) is 3.27.